The lowest BCUT2D eigenvalue weighted by Crippen LogP contribution is -2.43. The summed E-state index contributed by atoms with van der Waals surface area (Å²) in [5, 5.41) is 11.7. The first-order valence-corrected chi connectivity index (χ1v) is 8.53. The molecule has 0 aliphatic heterocycles. The number of rotatable bonds is 8. The number of benzene rings is 2. The number of ether oxygens (including phenoxy) is 1. The van der Waals surface area contributed by atoms with Gasteiger partial charge in [-0.05, 0) is 17.7 Å². The number of amides is 1. The van der Waals surface area contributed by atoms with Gasteiger partial charge >= 0.3 is 5.97 Å². The Morgan fingerprint density at radius 3 is 2.54 bits per heavy atom. The van der Waals surface area contributed by atoms with E-state index in [1.807, 2.05) is 30.3 Å². The van der Waals surface area contributed by atoms with E-state index >= 15 is 0 Å². The summed E-state index contributed by atoms with van der Waals surface area (Å²) in [5.41, 5.74) is 1.56. The van der Waals surface area contributed by atoms with Crippen LogP contribution < -0.4 is 5.32 Å². The van der Waals surface area contributed by atoms with Crippen LogP contribution in [0.4, 0.5) is 4.39 Å². The molecule has 2 N–H and O–H groups in total. The fourth-order valence-electron chi connectivity index (χ4n) is 2.56. The van der Waals surface area contributed by atoms with Crippen molar-refractivity contribution in [1.82, 2.24) is 5.32 Å². The topological polar surface area (TPSA) is 88.8 Å². The second kappa shape index (κ2) is 8.96. The molecular formula is C21H18FNO5. The number of carboxylic acid groups (broad SMARTS) is 1. The first kappa shape index (κ1) is 19.3. The van der Waals surface area contributed by atoms with E-state index in [2.05, 4.69) is 5.32 Å². The van der Waals surface area contributed by atoms with E-state index in [9.17, 15) is 19.1 Å². The molecule has 1 amide bonds. The molecule has 3 rings (SSSR count). The SMILES string of the molecule is O=C(NC(COCc1ccccc1)C(=O)O)c1cc(-c2ccccc2F)co1. The van der Waals surface area contributed by atoms with Gasteiger partial charge in [0.1, 0.15) is 5.82 Å². The van der Waals surface area contributed by atoms with Gasteiger partial charge in [-0.3, -0.25) is 4.79 Å². The lowest BCUT2D eigenvalue weighted by Gasteiger charge is -2.14. The van der Waals surface area contributed by atoms with Gasteiger partial charge in [0.25, 0.3) is 5.91 Å². The minimum absolute atomic E-state index is 0.118. The molecule has 2 aromatic carbocycles. The Labute approximate surface area is 160 Å². The number of furan rings is 1. The molecule has 0 fully saturated rings. The van der Waals surface area contributed by atoms with Crippen LogP contribution in [-0.2, 0) is 16.1 Å². The highest BCUT2D eigenvalue weighted by atomic mass is 19.1. The largest absolute Gasteiger partial charge is 0.480 e. The van der Waals surface area contributed by atoms with E-state index < -0.39 is 23.7 Å². The number of carbonyl (C=O) groups excluding carboxylic acids is 1. The van der Waals surface area contributed by atoms with Crippen LogP contribution in [0.1, 0.15) is 16.1 Å². The molecule has 6 nitrogen and oxygen atoms in total. The molecule has 0 saturated carbocycles. The third kappa shape index (κ3) is 4.83. The van der Waals surface area contributed by atoms with Crippen LogP contribution in [0.15, 0.2) is 71.3 Å². The molecule has 0 saturated heterocycles. The Balaban J connectivity index is 1.61. The van der Waals surface area contributed by atoms with E-state index in [1.165, 1.54) is 18.4 Å². The van der Waals surface area contributed by atoms with Crippen molar-refractivity contribution < 1.29 is 28.2 Å². The maximum Gasteiger partial charge on any atom is 0.328 e. The van der Waals surface area contributed by atoms with E-state index in [0.29, 0.717) is 5.56 Å². The minimum Gasteiger partial charge on any atom is -0.480 e. The van der Waals surface area contributed by atoms with Gasteiger partial charge in [0, 0.05) is 11.1 Å². The Kier molecular flexibility index (Phi) is 6.18. The van der Waals surface area contributed by atoms with E-state index in [4.69, 9.17) is 9.15 Å². The highest BCUT2D eigenvalue weighted by Crippen LogP contribution is 2.24. The second-order valence-corrected chi connectivity index (χ2v) is 6.04. The van der Waals surface area contributed by atoms with Crippen LogP contribution in [0.2, 0.25) is 0 Å². The van der Waals surface area contributed by atoms with Gasteiger partial charge in [-0.2, -0.15) is 0 Å². The predicted molar refractivity (Wildman–Crippen MR) is 99.1 cm³/mol. The lowest BCUT2D eigenvalue weighted by molar-refractivity contribution is -0.141. The first-order valence-electron chi connectivity index (χ1n) is 8.53. The van der Waals surface area contributed by atoms with Crippen molar-refractivity contribution in [1.29, 1.82) is 0 Å². The minimum atomic E-state index is -1.25. The average Bonchev–Trinajstić information content (AvgIpc) is 3.18. The lowest BCUT2D eigenvalue weighted by atomic mass is 10.1. The first-order chi connectivity index (χ1) is 13.5. The van der Waals surface area contributed by atoms with Crippen molar-refractivity contribution in [2.24, 2.45) is 0 Å². The smallest absolute Gasteiger partial charge is 0.328 e. The summed E-state index contributed by atoms with van der Waals surface area (Å²) in [6.45, 7) is 0.00945. The van der Waals surface area contributed by atoms with Crippen LogP contribution in [0, 0.1) is 5.82 Å². The molecule has 0 bridgehead atoms. The third-order valence-corrected chi connectivity index (χ3v) is 4.01. The molecule has 0 radical (unpaired) electrons. The van der Waals surface area contributed by atoms with E-state index in [-0.39, 0.29) is 24.5 Å². The maximum atomic E-state index is 13.8. The number of carbonyl (C=O) groups is 2. The Morgan fingerprint density at radius 1 is 1.11 bits per heavy atom. The number of nitrogens with one attached hydrogen (secondary N) is 1. The highest BCUT2D eigenvalue weighted by molar-refractivity contribution is 5.95. The van der Waals surface area contributed by atoms with E-state index in [0.717, 1.165) is 5.56 Å². The number of carboxylic acids is 1. The van der Waals surface area contributed by atoms with Gasteiger partial charge in [-0.1, -0.05) is 48.5 Å². The van der Waals surface area contributed by atoms with Crippen LogP contribution in [-0.4, -0.2) is 29.6 Å². The zero-order chi connectivity index (χ0) is 19.9. The van der Waals surface area contributed by atoms with Crippen molar-refractivity contribution in [3.8, 4) is 11.1 Å². The van der Waals surface area contributed by atoms with E-state index in [1.54, 1.807) is 18.2 Å². The number of hydrogen-bond acceptors (Lipinski definition) is 4. The van der Waals surface area contributed by atoms with Crippen molar-refractivity contribution in [2.45, 2.75) is 12.6 Å². The van der Waals surface area contributed by atoms with Gasteiger partial charge in [-0.15, -0.1) is 0 Å². The molecule has 0 aliphatic carbocycles. The summed E-state index contributed by atoms with van der Waals surface area (Å²) >= 11 is 0. The Hall–Kier alpha value is -3.45. The van der Waals surface area contributed by atoms with Crippen molar-refractivity contribution in [2.75, 3.05) is 6.61 Å². The second-order valence-electron chi connectivity index (χ2n) is 6.04. The van der Waals surface area contributed by atoms with Crippen LogP contribution in [0.5, 0.6) is 0 Å². The van der Waals surface area contributed by atoms with Gasteiger partial charge in [-0.25, -0.2) is 9.18 Å². The van der Waals surface area contributed by atoms with Crippen molar-refractivity contribution in [3.63, 3.8) is 0 Å². The summed E-state index contributed by atoms with van der Waals surface area (Å²) in [7, 11) is 0. The fraction of sp³-hybridized carbons (Fsp3) is 0.143. The summed E-state index contributed by atoms with van der Waals surface area (Å²) in [5.74, 6) is -2.53. The average molecular weight is 383 g/mol. The standard InChI is InChI=1S/C21H18FNO5/c22-17-9-5-4-8-16(17)15-10-19(28-12-15)20(24)23-18(21(25)26)13-27-11-14-6-2-1-3-7-14/h1-10,12,18H,11,13H2,(H,23,24)(H,25,26). The van der Waals surface area contributed by atoms with Crippen molar-refractivity contribution >= 4 is 11.9 Å². The summed E-state index contributed by atoms with van der Waals surface area (Å²) < 4.78 is 24.4. The molecule has 0 spiro atoms. The van der Waals surface area contributed by atoms with Crippen molar-refractivity contribution in [3.05, 3.63) is 84.1 Å². The third-order valence-electron chi connectivity index (χ3n) is 4.01. The highest BCUT2D eigenvalue weighted by Gasteiger charge is 2.23. The zero-order valence-electron chi connectivity index (χ0n) is 14.8. The predicted octanol–water partition coefficient (Wildman–Crippen LogP) is 3.49. The quantitative estimate of drug-likeness (QED) is 0.622. The normalized spacial score (nSPS) is 11.8. The number of hydrogen-bond donors (Lipinski definition) is 2. The van der Waals surface area contributed by atoms with Crippen LogP contribution in [0.3, 0.4) is 0 Å². The Morgan fingerprint density at radius 2 is 1.82 bits per heavy atom. The summed E-state index contributed by atoms with van der Waals surface area (Å²) in [4.78, 5) is 23.7. The van der Waals surface area contributed by atoms with Gasteiger partial charge < -0.3 is 19.6 Å². The molecule has 1 atom stereocenters. The maximum absolute atomic E-state index is 13.8. The van der Waals surface area contributed by atoms with Crippen LogP contribution in [0.25, 0.3) is 11.1 Å². The number of aliphatic carboxylic acids is 1. The Bertz CT molecular complexity index is 954. The molecule has 28 heavy (non-hydrogen) atoms. The molecule has 1 unspecified atom stereocenters. The summed E-state index contributed by atoms with van der Waals surface area (Å²) in [6.07, 6.45) is 1.25. The van der Waals surface area contributed by atoms with Gasteiger partial charge in [0.05, 0.1) is 19.5 Å². The molecule has 7 heteroatoms. The van der Waals surface area contributed by atoms with Gasteiger partial charge in [0.2, 0.25) is 0 Å². The van der Waals surface area contributed by atoms with Gasteiger partial charge in [0.15, 0.2) is 11.8 Å². The fourth-order valence-corrected chi connectivity index (χ4v) is 2.56. The summed E-state index contributed by atoms with van der Waals surface area (Å²) in [6, 6.07) is 15.4. The molecular weight excluding hydrogens is 365 g/mol. The number of halogens is 1. The molecule has 0 aliphatic rings. The molecule has 144 valence electrons. The molecule has 1 aromatic heterocycles. The molecule has 1 heterocycles. The zero-order valence-corrected chi connectivity index (χ0v) is 14.8. The monoisotopic (exact) mass is 383 g/mol. The van der Waals surface area contributed by atoms with Crippen LogP contribution >= 0.6 is 0 Å². The molecule has 3 aromatic rings.